The molecule has 2 heterocycles. The highest BCUT2D eigenvalue weighted by molar-refractivity contribution is 5.82. The number of ether oxygens (including phenoxy) is 2. The molecule has 1 aliphatic rings. The Morgan fingerprint density at radius 1 is 1.06 bits per heavy atom. The summed E-state index contributed by atoms with van der Waals surface area (Å²) in [5, 5.41) is 13.6. The summed E-state index contributed by atoms with van der Waals surface area (Å²) in [4.78, 5) is 11.9. The average Bonchev–Trinajstić information content (AvgIpc) is 3.60. The molecule has 4 aromatic rings. The summed E-state index contributed by atoms with van der Waals surface area (Å²) in [6.07, 6.45) is 9.17. The van der Waals surface area contributed by atoms with E-state index in [0.29, 0.717) is 17.4 Å². The van der Waals surface area contributed by atoms with Crippen LogP contribution in [-0.2, 0) is 6.54 Å². The van der Waals surface area contributed by atoms with Crippen LogP contribution in [0.15, 0.2) is 55.0 Å². The molecule has 1 fully saturated rings. The minimum absolute atomic E-state index is 0.0403. The van der Waals surface area contributed by atoms with E-state index in [4.69, 9.17) is 14.5 Å². The number of aromatic nitrogens is 4. The van der Waals surface area contributed by atoms with Gasteiger partial charge in [-0.3, -0.25) is 9.67 Å². The first-order valence-corrected chi connectivity index (χ1v) is 12.2. The number of aliphatic hydroxyl groups excluding tert-OH is 1. The van der Waals surface area contributed by atoms with Crippen molar-refractivity contribution >= 4 is 22.4 Å². The number of methoxy groups -OCH3 is 1. The average molecular weight is 474 g/mol. The van der Waals surface area contributed by atoms with Crippen LogP contribution in [0.5, 0.6) is 11.5 Å². The van der Waals surface area contributed by atoms with E-state index in [0.717, 1.165) is 53.2 Å². The largest absolute Gasteiger partial charge is 0.497 e. The molecule has 2 aromatic heterocycles. The summed E-state index contributed by atoms with van der Waals surface area (Å²) in [6, 6.07) is 12.1. The second-order valence-corrected chi connectivity index (χ2v) is 8.91. The van der Waals surface area contributed by atoms with Crippen LogP contribution in [0.3, 0.4) is 0 Å². The van der Waals surface area contributed by atoms with Gasteiger partial charge in [-0.05, 0) is 43.4 Å². The maximum absolute atomic E-state index is 9.19. The normalized spacial score (nSPS) is 13.2. The number of nitrogens with zero attached hydrogens (tertiary/aromatic N) is 5. The number of rotatable bonds is 11. The van der Waals surface area contributed by atoms with Gasteiger partial charge >= 0.3 is 0 Å². The molecule has 35 heavy (non-hydrogen) atoms. The number of fused-ring (bicyclic) bond motifs is 1. The second kappa shape index (κ2) is 10.3. The van der Waals surface area contributed by atoms with Gasteiger partial charge in [0.05, 0.1) is 42.8 Å². The third-order valence-corrected chi connectivity index (χ3v) is 6.13. The van der Waals surface area contributed by atoms with Crippen molar-refractivity contribution in [2.45, 2.75) is 32.7 Å². The van der Waals surface area contributed by atoms with Crippen LogP contribution in [0.2, 0.25) is 0 Å². The molecular weight excluding hydrogens is 442 g/mol. The van der Waals surface area contributed by atoms with Gasteiger partial charge in [0.25, 0.3) is 0 Å². The van der Waals surface area contributed by atoms with Crippen LogP contribution < -0.4 is 14.4 Å². The minimum atomic E-state index is -0.0403. The van der Waals surface area contributed by atoms with Crippen LogP contribution in [0, 0.1) is 5.92 Å². The fourth-order valence-electron chi connectivity index (χ4n) is 4.15. The van der Waals surface area contributed by atoms with Crippen molar-refractivity contribution in [2.24, 2.45) is 5.92 Å². The first-order valence-electron chi connectivity index (χ1n) is 12.2. The molecule has 5 rings (SSSR count). The molecule has 0 spiro atoms. The number of aryl methyl sites for hydroxylation is 1. The highest BCUT2D eigenvalue weighted by atomic mass is 16.5. The van der Waals surface area contributed by atoms with Gasteiger partial charge in [-0.25, -0.2) is 4.98 Å². The summed E-state index contributed by atoms with van der Waals surface area (Å²) >= 11 is 0. The monoisotopic (exact) mass is 473 g/mol. The van der Waals surface area contributed by atoms with Crippen LogP contribution >= 0.6 is 0 Å². The minimum Gasteiger partial charge on any atom is -0.497 e. The molecule has 0 aliphatic heterocycles. The summed E-state index contributed by atoms with van der Waals surface area (Å²) in [6.45, 7) is 4.11. The highest BCUT2D eigenvalue weighted by Gasteiger charge is 2.26. The number of benzene rings is 2. The van der Waals surface area contributed by atoms with Gasteiger partial charge in [0.2, 0.25) is 0 Å². The Labute approximate surface area is 205 Å². The van der Waals surface area contributed by atoms with Gasteiger partial charge in [0, 0.05) is 54.4 Å². The lowest BCUT2D eigenvalue weighted by Gasteiger charge is -2.26. The Morgan fingerprint density at radius 2 is 1.91 bits per heavy atom. The molecule has 0 bridgehead atoms. The number of hydrogen-bond donors (Lipinski definition) is 1. The molecule has 0 saturated heterocycles. The lowest BCUT2D eigenvalue weighted by atomic mass is 10.1. The van der Waals surface area contributed by atoms with Gasteiger partial charge < -0.3 is 19.5 Å². The molecule has 182 valence electrons. The molecule has 0 atom stereocenters. The van der Waals surface area contributed by atoms with Crippen molar-refractivity contribution in [1.29, 1.82) is 0 Å². The second-order valence-electron chi connectivity index (χ2n) is 8.91. The lowest BCUT2D eigenvalue weighted by molar-refractivity contribution is 0.201. The van der Waals surface area contributed by atoms with Crippen LogP contribution in [0.25, 0.3) is 22.3 Å². The van der Waals surface area contributed by atoms with E-state index in [1.54, 1.807) is 7.11 Å². The molecule has 2 aromatic carbocycles. The van der Waals surface area contributed by atoms with Crippen molar-refractivity contribution in [3.05, 3.63) is 55.0 Å². The van der Waals surface area contributed by atoms with Gasteiger partial charge in [-0.1, -0.05) is 6.92 Å². The zero-order valence-corrected chi connectivity index (χ0v) is 20.2. The van der Waals surface area contributed by atoms with Crippen molar-refractivity contribution in [3.63, 3.8) is 0 Å². The molecule has 0 radical (unpaired) electrons. The smallest absolute Gasteiger partial charge is 0.125 e. The molecule has 8 heteroatoms. The van der Waals surface area contributed by atoms with Gasteiger partial charge in [-0.2, -0.15) is 5.10 Å². The zero-order chi connectivity index (χ0) is 24.2. The van der Waals surface area contributed by atoms with Crippen molar-refractivity contribution in [3.8, 4) is 22.8 Å². The summed E-state index contributed by atoms with van der Waals surface area (Å²) in [5.74, 6) is 2.03. The predicted molar refractivity (Wildman–Crippen MR) is 136 cm³/mol. The van der Waals surface area contributed by atoms with E-state index in [2.05, 4.69) is 34.0 Å². The Bertz CT molecular complexity index is 1300. The quantitative estimate of drug-likeness (QED) is 0.334. The summed E-state index contributed by atoms with van der Waals surface area (Å²) in [7, 11) is 1.65. The van der Waals surface area contributed by atoms with Crippen LogP contribution in [-0.4, -0.2) is 51.7 Å². The lowest BCUT2D eigenvalue weighted by Crippen LogP contribution is -2.20. The first-order chi connectivity index (χ1) is 17.2. The van der Waals surface area contributed by atoms with E-state index >= 15 is 0 Å². The van der Waals surface area contributed by atoms with Gasteiger partial charge in [0.15, 0.2) is 0 Å². The van der Waals surface area contributed by atoms with Crippen molar-refractivity contribution in [2.75, 3.05) is 31.8 Å². The van der Waals surface area contributed by atoms with E-state index in [9.17, 15) is 5.11 Å². The van der Waals surface area contributed by atoms with Crippen molar-refractivity contribution < 1.29 is 14.6 Å². The fraction of sp³-hybridized carbons (Fsp3) is 0.370. The SMILES string of the molecule is CCCn1cc(-c2cnc3ccc(N(CC4CC4)c4cc(OC)cc(OCCO)c4)cc3n2)cn1. The van der Waals surface area contributed by atoms with E-state index in [1.165, 1.54) is 12.8 Å². The molecule has 8 nitrogen and oxygen atoms in total. The third kappa shape index (κ3) is 5.38. The Morgan fingerprint density at radius 3 is 2.69 bits per heavy atom. The van der Waals surface area contributed by atoms with Gasteiger partial charge in [0.1, 0.15) is 18.1 Å². The zero-order valence-electron chi connectivity index (χ0n) is 20.2. The van der Waals surface area contributed by atoms with Crippen molar-refractivity contribution in [1.82, 2.24) is 19.7 Å². The maximum atomic E-state index is 9.19. The first kappa shape index (κ1) is 23.1. The predicted octanol–water partition coefficient (Wildman–Crippen LogP) is 4.83. The van der Waals surface area contributed by atoms with E-state index < -0.39 is 0 Å². The van der Waals surface area contributed by atoms with Crippen LogP contribution in [0.1, 0.15) is 26.2 Å². The van der Waals surface area contributed by atoms with E-state index in [1.807, 2.05) is 47.5 Å². The van der Waals surface area contributed by atoms with Crippen LogP contribution in [0.4, 0.5) is 11.4 Å². The standard InChI is InChI=1S/C27H31N5O3/c1-3-8-31-18-20(15-29-31)27-16-28-25-7-6-21(13-26(25)30-27)32(17-19-4-5-19)22-11-23(34-2)14-24(12-22)35-10-9-33/h6-7,11-16,18-19,33H,3-5,8-10,17H2,1-2H3. The Hall–Kier alpha value is -3.65. The topological polar surface area (TPSA) is 85.5 Å². The molecule has 0 amide bonds. The van der Waals surface area contributed by atoms with E-state index in [-0.39, 0.29) is 13.2 Å². The third-order valence-electron chi connectivity index (χ3n) is 6.13. The fourth-order valence-corrected chi connectivity index (χ4v) is 4.15. The summed E-state index contributed by atoms with van der Waals surface area (Å²) < 4.78 is 13.2. The number of anilines is 2. The molecule has 1 saturated carbocycles. The Kier molecular flexibility index (Phi) is 6.81. The molecule has 0 unspecified atom stereocenters. The Balaban J connectivity index is 1.52. The number of hydrogen-bond acceptors (Lipinski definition) is 7. The molecular formula is C27H31N5O3. The molecule has 1 aliphatic carbocycles. The highest BCUT2D eigenvalue weighted by Crippen LogP contribution is 2.38. The summed E-state index contributed by atoms with van der Waals surface area (Å²) in [5.41, 5.74) is 5.48. The van der Waals surface area contributed by atoms with Gasteiger partial charge in [-0.15, -0.1) is 0 Å². The maximum Gasteiger partial charge on any atom is 0.125 e. The number of aliphatic hydroxyl groups is 1. The molecule has 1 N–H and O–H groups in total.